The standard InChI is InChI=1S/C12H23F3N2O2/c13-12(14,15)11(18)19-10(17)8-6-4-2-1-3-5-7-9-16/h10H,1-9,16-17H2. The van der Waals surface area contributed by atoms with E-state index in [2.05, 4.69) is 4.74 Å². The van der Waals surface area contributed by atoms with Crippen LogP contribution >= 0.6 is 0 Å². The minimum Gasteiger partial charge on any atom is -0.440 e. The van der Waals surface area contributed by atoms with Crippen molar-refractivity contribution in [2.45, 2.75) is 63.8 Å². The van der Waals surface area contributed by atoms with E-state index in [1.54, 1.807) is 0 Å². The van der Waals surface area contributed by atoms with Gasteiger partial charge in [-0.25, -0.2) is 4.79 Å². The van der Waals surface area contributed by atoms with Crippen LogP contribution in [-0.4, -0.2) is 24.9 Å². The first kappa shape index (κ1) is 18.2. The molecule has 114 valence electrons. The SMILES string of the molecule is NCCCCCCCCCC(N)OC(=O)C(F)(F)F. The number of ether oxygens (including phenoxy) is 1. The number of nitrogens with two attached hydrogens (primary N) is 2. The van der Waals surface area contributed by atoms with Crippen molar-refractivity contribution in [2.24, 2.45) is 11.5 Å². The fraction of sp³-hybridized carbons (Fsp3) is 0.917. The van der Waals surface area contributed by atoms with Crippen LogP contribution in [0.15, 0.2) is 0 Å². The Morgan fingerprint density at radius 3 is 1.95 bits per heavy atom. The molecule has 1 unspecified atom stereocenters. The lowest BCUT2D eigenvalue weighted by Gasteiger charge is -2.14. The molecule has 4 nitrogen and oxygen atoms in total. The van der Waals surface area contributed by atoms with E-state index >= 15 is 0 Å². The van der Waals surface area contributed by atoms with Crippen LogP contribution in [0.2, 0.25) is 0 Å². The van der Waals surface area contributed by atoms with Gasteiger partial charge in [0, 0.05) is 0 Å². The largest absolute Gasteiger partial charge is 0.490 e. The highest BCUT2D eigenvalue weighted by Gasteiger charge is 2.41. The molecule has 0 aromatic carbocycles. The Bertz CT molecular complexity index is 248. The zero-order valence-corrected chi connectivity index (χ0v) is 11.0. The van der Waals surface area contributed by atoms with Gasteiger partial charge in [-0.1, -0.05) is 32.1 Å². The fourth-order valence-electron chi connectivity index (χ4n) is 1.64. The molecule has 0 radical (unpaired) electrons. The molecule has 0 aliphatic carbocycles. The second-order valence-electron chi connectivity index (χ2n) is 4.49. The predicted octanol–water partition coefficient (Wildman–Crippen LogP) is 2.46. The van der Waals surface area contributed by atoms with Crippen molar-refractivity contribution in [2.75, 3.05) is 6.54 Å². The molecule has 0 aromatic rings. The number of halogens is 3. The van der Waals surface area contributed by atoms with Gasteiger partial charge in [0.15, 0.2) is 6.23 Å². The van der Waals surface area contributed by atoms with Gasteiger partial charge in [0.25, 0.3) is 0 Å². The van der Waals surface area contributed by atoms with Crippen molar-refractivity contribution in [1.29, 1.82) is 0 Å². The molecule has 0 heterocycles. The third-order valence-corrected chi connectivity index (χ3v) is 2.68. The second kappa shape index (κ2) is 10.0. The van der Waals surface area contributed by atoms with Crippen molar-refractivity contribution in [1.82, 2.24) is 0 Å². The van der Waals surface area contributed by atoms with Crippen molar-refractivity contribution in [3.05, 3.63) is 0 Å². The normalized spacial score (nSPS) is 13.3. The van der Waals surface area contributed by atoms with Crippen LogP contribution in [0.5, 0.6) is 0 Å². The third-order valence-electron chi connectivity index (χ3n) is 2.68. The van der Waals surface area contributed by atoms with Gasteiger partial charge in [-0.05, 0) is 25.8 Å². The molecule has 0 amide bonds. The number of unbranched alkanes of at least 4 members (excludes halogenated alkanes) is 6. The zero-order chi connectivity index (χ0) is 14.7. The number of rotatable bonds is 10. The van der Waals surface area contributed by atoms with Crippen molar-refractivity contribution < 1.29 is 22.7 Å². The molecule has 0 spiro atoms. The molecule has 0 aliphatic heterocycles. The Morgan fingerprint density at radius 2 is 1.47 bits per heavy atom. The number of carbonyl (C=O) groups is 1. The van der Waals surface area contributed by atoms with Gasteiger partial charge in [0.2, 0.25) is 0 Å². The highest BCUT2D eigenvalue weighted by atomic mass is 19.4. The van der Waals surface area contributed by atoms with Crippen LogP contribution in [0.1, 0.15) is 51.4 Å². The lowest BCUT2D eigenvalue weighted by Crippen LogP contribution is -2.34. The zero-order valence-electron chi connectivity index (χ0n) is 11.0. The monoisotopic (exact) mass is 284 g/mol. The summed E-state index contributed by atoms with van der Waals surface area (Å²) in [5.41, 5.74) is 10.7. The van der Waals surface area contributed by atoms with Gasteiger partial charge in [-0.2, -0.15) is 13.2 Å². The van der Waals surface area contributed by atoms with Gasteiger partial charge in [-0.3, -0.25) is 5.73 Å². The van der Waals surface area contributed by atoms with Crippen molar-refractivity contribution in [3.63, 3.8) is 0 Å². The molecular formula is C12H23F3N2O2. The Balaban J connectivity index is 3.44. The molecule has 0 aliphatic rings. The van der Waals surface area contributed by atoms with Gasteiger partial charge in [0.1, 0.15) is 0 Å². The molecule has 4 N–H and O–H groups in total. The number of esters is 1. The minimum absolute atomic E-state index is 0.255. The van der Waals surface area contributed by atoms with E-state index in [-0.39, 0.29) is 6.42 Å². The molecule has 19 heavy (non-hydrogen) atoms. The van der Waals surface area contributed by atoms with E-state index in [1.165, 1.54) is 0 Å². The summed E-state index contributed by atoms with van der Waals surface area (Å²) in [6, 6.07) is 0. The molecule has 0 aromatic heterocycles. The number of hydrogen-bond acceptors (Lipinski definition) is 4. The summed E-state index contributed by atoms with van der Waals surface area (Å²) in [5.74, 6) is -2.22. The first-order chi connectivity index (χ1) is 8.88. The Hall–Kier alpha value is -0.820. The second-order valence-corrected chi connectivity index (χ2v) is 4.49. The van der Waals surface area contributed by atoms with Crippen LogP contribution in [-0.2, 0) is 9.53 Å². The average Bonchev–Trinajstić information content (AvgIpc) is 2.31. The van der Waals surface area contributed by atoms with Crippen molar-refractivity contribution >= 4 is 5.97 Å². The highest BCUT2D eigenvalue weighted by molar-refractivity contribution is 5.75. The van der Waals surface area contributed by atoms with E-state index in [9.17, 15) is 18.0 Å². The minimum atomic E-state index is -4.97. The van der Waals surface area contributed by atoms with Crippen LogP contribution in [0.4, 0.5) is 13.2 Å². The molecule has 0 saturated heterocycles. The highest BCUT2D eigenvalue weighted by Crippen LogP contribution is 2.18. The number of alkyl halides is 3. The van der Waals surface area contributed by atoms with Gasteiger partial charge < -0.3 is 10.5 Å². The molecule has 1 atom stereocenters. The Morgan fingerprint density at radius 1 is 1.00 bits per heavy atom. The van der Waals surface area contributed by atoms with E-state index in [0.29, 0.717) is 13.0 Å². The first-order valence-corrected chi connectivity index (χ1v) is 6.61. The van der Waals surface area contributed by atoms with Gasteiger partial charge in [-0.15, -0.1) is 0 Å². The van der Waals surface area contributed by atoms with Gasteiger partial charge >= 0.3 is 12.1 Å². The van der Waals surface area contributed by atoms with Crippen LogP contribution < -0.4 is 11.5 Å². The van der Waals surface area contributed by atoms with Gasteiger partial charge in [0.05, 0.1) is 0 Å². The number of carbonyl (C=O) groups excluding carboxylic acids is 1. The quantitative estimate of drug-likeness (QED) is 0.367. The third kappa shape index (κ3) is 10.8. The van der Waals surface area contributed by atoms with E-state index < -0.39 is 18.4 Å². The Labute approximate surface area is 111 Å². The summed E-state index contributed by atoms with van der Waals surface area (Å²) < 4.78 is 39.7. The molecule has 0 rings (SSSR count). The summed E-state index contributed by atoms with van der Waals surface area (Å²) in [5, 5.41) is 0. The lowest BCUT2D eigenvalue weighted by atomic mass is 10.1. The summed E-state index contributed by atoms with van der Waals surface area (Å²) in [7, 11) is 0. The lowest BCUT2D eigenvalue weighted by molar-refractivity contribution is -0.204. The van der Waals surface area contributed by atoms with E-state index in [4.69, 9.17) is 11.5 Å². The molecule has 0 fully saturated rings. The molecular weight excluding hydrogens is 261 g/mol. The van der Waals surface area contributed by atoms with Crippen molar-refractivity contribution in [3.8, 4) is 0 Å². The van der Waals surface area contributed by atoms with Crippen LogP contribution in [0.3, 0.4) is 0 Å². The molecule has 0 saturated carbocycles. The summed E-state index contributed by atoms with van der Waals surface area (Å²) in [6.07, 6.45) is 0.978. The van der Waals surface area contributed by atoms with Crippen LogP contribution in [0.25, 0.3) is 0 Å². The topological polar surface area (TPSA) is 78.3 Å². The fourth-order valence-corrected chi connectivity index (χ4v) is 1.64. The maximum Gasteiger partial charge on any atom is 0.490 e. The van der Waals surface area contributed by atoms with E-state index in [0.717, 1.165) is 38.5 Å². The number of hydrogen-bond donors (Lipinski definition) is 2. The predicted molar refractivity (Wildman–Crippen MR) is 66.1 cm³/mol. The summed E-state index contributed by atoms with van der Waals surface area (Å²) in [6.45, 7) is 0.708. The smallest absolute Gasteiger partial charge is 0.440 e. The average molecular weight is 284 g/mol. The molecule has 7 heteroatoms. The first-order valence-electron chi connectivity index (χ1n) is 6.61. The summed E-state index contributed by atoms with van der Waals surface area (Å²) in [4.78, 5) is 10.5. The molecule has 0 bridgehead atoms. The summed E-state index contributed by atoms with van der Waals surface area (Å²) >= 11 is 0. The van der Waals surface area contributed by atoms with Crippen LogP contribution in [0, 0.1) is 0 Å². The maximum atomic E-state index is 11.9. The Kier molecular flexibility index (Phi) is 9.59. The maximum absolute atomic E-state index is 11.9. The van der Waals surface area contributed by atoms with E-state index in [1.807, 2.05) is 0 Å².